The van der Waals surface area contributed by atoms with Crippen LogP contribution in [-0.4, -0.2) is 22.3 Å². The molecule has 0 radical (unpaired) electrons. The Morgan fingerprint density at radius 3 is 2.36 bits per heavy atom. The number of nitrogens with zero attached hydrogens (tertiary/aromatic N) is 3. The highest BCUT2D eigenvalue weighted by atomic mass is 15.4. The molecule has 0 bridgehead atoms. The Kier molecular flexibility index (Phi) is 3.73. The topological polar surface area (TPSA) is 30.7 Å². The maximum atomic E-state index is 4.20. The zero-order valence-electron chi connectivity index (χ0n) is 9.86. The molecule has 0 saturated heterocycles. The van der Waals surface area contributed by atoms with Gasteiger partial charge in [0.25, 0.3) is 7.41 Å². The summed E-state index contributed by atoms with van der Waals surface area (Å²) in [6.45, 7) is 11.1. The van der Waals surface area contributed by atoms with Crippen LogP contribution < -0.4 is 0 Å². The highest BCUT2D eigenvalue weighted by Gasteiger charge is 2.19. The van der Waals surface area contributed by atoms with Crippen molar-refractivity contribution in [3.8, 4) is 0 Å². The summed E-state index contributed by atoms with van der Waals surface area (Å²) in [7, 11) is 0.899. The highest BCUT2D eigenvalue weighted by molar-refractivity contribution is 6.30. The standard InChI is InChI=1S/C10H20BN3/c1-7(2)8(3)9(4)10-6-14(11-5)13-12-10/h6-9,11H,1-5H3. The predicted molar refractivity (Wildman–Crippen MR) is 60.9 cm³/mol. The van der Waals surface area contributed by atoms with Crippen molar-refractivity contribution in [2.75, 3.05) is 0 Å². The number of aromatic nitrogens is 3. The first-order valence-corrected chi connectivity index (χ1v) is 5.46. The fourth-order valence-electron chi connectivity index (χ4n) is 1.52. The molecule has 2 atom stereocenters. The maximum Gasteiger partial charge on any atom is 0.265 e. The smallest absolute Gasteiger partial charge is 0.265 e. The summed E-state index contributed by atoms with van der Waals surface area (Å²) in [6.07, 6.45) is 2.06. The third-order valence-electron chi connectivity index (χ3n) is 3.19. The lowest BCUT2D eigenvalue weighted by molar-refractivity contribution is 0.358. The van der Waals surface area contributed by atoms with E-state index in [2.05, 4.69) is 51.0 Å². The van der Waals surface area contributed by atoms with Crippen LogP contribution in [0.15, 0.2) is 6.20 Å². The summed E-state index contributed by atoms with van der Waals surface area (Å²) < 4.78 is 1.89. The molecule has 1 aromatic heterocycles. The normalized spacial score (nSPS) is 15.6. The number of hydrogen-bond acceptors (Lipinski definition) is 2. The summed E-state index contributed by atoms with van der Waals surface area (Å²) in [4.78, 5) is 0. The third kappa shape index (κ3) is 2.37. The molecule has 78 valence electrons. The van der Waals surface area contributed by atoms with Gasteiger partial charge in [0.1, 0.15) is 0 Å². The van der Waals surface area contributed by atoms with E-state index in [9.17, 15) is 0 Å². The molecular formula is C10H20BN3. The molecule has 0 N–H and O–H groups in total. The Hall–Kier alpha value is -0.795. The number of rotatable bonds is 4. The molecule has 0 aliphatic rings. The summed E-state index contributed by atoms with van der Waals surface area (Å²) in [5.74, 6) is 1.84. The Morgan fingerprint density at radius 2 is 1.93 bits per heavy atom. The van der Waals surface area contributed by atoms with E-state index in [1.165, 1.54) is 0 Å². The van der Waals surface area contributed by atoms with Crippen LogP contribution in [-0.2, 0) is 0 Å². The van der Waals surface area contributed by atoms with Crippen LogP contribution >= 0.6 is 0 Å². The zero-order chi connectivity index (χ0) is 10.7. The van der Waals surface area contributed by atoms with Gasteiger partial charge < -0.3 is 4.59 Å². The van der Waals surface area contributed by atoms with Gasteiger partial charge in [-0.05, 0) is 11.8 Å². The second-order valence-electron chi connectivity index (χ2n) is 4.39. The fraction of sp³-hybridized carbons (Fsp3) is 0.800. The summed E-state index contributed by atoms with van der Waals surface area (Å²) >= 11 is 0. The van der Waals surface area contributed by atoms with Crippen molar-refractivity contribution in [1.82, 2.24) is 14.9 Å². The van der Waals surface area contributed by atoms with Crippen molar-refractivity contribution in [3.05, 3.63) is 11.9 Å². The minimum absolute atomic E-state index is 0.496. The molecule has 0 fully saturated rings. The van der Waals surface area contributed by atoms with Crippen LogP contribution in [0.1, 0.15) is 39.3 Å². The Labute approximate surface area is 87.2 Å². The number of hydrogen-bond donors (Lipinski definition) is 0. The van der Waals surface area contributed by atoms with Gasteiger partial charge in [-0.2, -0.15) is 0 Å². The van der Waals surface area contributed by atoms with E-state index in [0.29, 0.717) is 17.8 Å². The van der Waals surface area contributed by atoms with Crippen molar-refractivity contribution < 1.29 is 0 Å². The van der Waals surface area contributed by atoms with Crippen LogP contribution in [0.25, 0.3) is 0 Å². The fourth-order valence-corrected chi connectivity index (χ4v) is 1.52. The van der Waals surface area contributed by atoms with Gasteiger partial charge in [0, 0.05) is 12.1 Å². The maximum absolute atomic E-state index is 4.20. The zero-order valence-corrected chi connectivity index (χ0v) is 9.86. The average Bonchev–Trinajstić information content (AvgIpc) is 2.63. The molecule has 1 rings (SSSR count). The van der Waals surface area contributed by atoms with Gasteiger partial charge in [-0.3, -0.25) is 0 Å². The van der Waals surface area contributed by atoms with E-state index in [1.807, 2.05) is 4.59 Å². The predicted octanol–water partition coefficient (Wildman–Crippen LogP) is 1.92. The first-order chi connectivity index (χ1) is 6.56. The molecule has 0 aromatic carbocycles. The van der Waals surface area contributed by atoms with Gasteiger partial charge in [0.05, 0.1) is 5.69 Å². The SMILES string of the molecule is CBn1cc(C(C)C(C)C(C)C)nn1. The molecule has 4 heteroatoms. The van der Waals surface area contributed by atoms with Gasteiger partial charge in [0.15, 0.2) is 0 Å². The molecule has 1 heterocycles. The lowest BCUT2D eigenvalue weighted by Gasteiger charge is -2.21. The Bertz CT molecular complexity index is 283. The first-order valence-electron chi connectivity index (χ1n) is 5.46. The van der Waals surface area contributed by atoms with Crippen LogP contribution in [0.5, 0.6) is 0 Å². The molecule has 0 saturated carbocycles. The van der Waals surface area contributed by atoms with Crippen molar-refractivity contribution in [1.29, 1.82) is 0 Å². The van der Waals surface area contributed by atoms with Crippen LogP contribution in [0.4, 0.5) is 0 Å². The lowest BCUT2D eigenvalue weighted by Crippen LogP contribution is -2.13. The second-order valence-corrected chi connectivity index (χ2v) is 4.39. The van der Waals surface area contributed by atoms with Crippen molar-refractivity contribution in [3.63, 3.8) is 0 Å². The highest BCUT2D eigenvalue weighted by Crippen LogP contribution is 2.27. The first kappa shape index (κ1) is 11.3. The Balaban J connectivity index is 2.73. The Morgan fingerprint density at radius 1 is 1.29 bits per heavy atom. The minimum Gasteiger partial charge on any atom is -0.302 e. The molecule has 0 amide bonds. The average molecular weight is 193 g/mol. The summed E-state index contributed by atoms with van der Waals surface area (Å²) in [5.41, 5.74) is 1.12. The van der Waals surface area contributed by atoms with E-state index in [4.69, 9.17) is 0 Å². The monoisotopic (exact) mass is 193 g/mol. The van der Waals surface area contributed by atoms with E-state index in [0.717, 1.165) is 13.1 Å². The largest absolute Gasteiger partial charge is 0.302 e. The van der Waals surface area contributed by atoms with Gasteiger partial charge >= 0.3 is 0 Å². The molecular weight excluding hydrogens is 173 g/mol. The molecule has 0 aliphatic carbocycles. The molecule has 2 unspecified atom stereocenters. The van der Waals surface area contributed by atoms with Crippen LogP contribution in [0.2, 0.25) is 6.82 Å². The second kappa shape index (κ2) is 4.62. The van der Waals surface area contributed by atoms with E-state index >= 15 is 0 Å². The van der Waals surface area contributed by atoms with Gasteiger partial charge in [0.2, 0.25) is 0 Å². The molecule has 0 spiro atoms. The summed E-state index contributed by atoms with van der Waals surface area (Å²) in [5, 5.41) is 8.27. The van der Waals surface area contributed by atoms with Gasteiger partial charge in [-0.15, -0.1) is 5.10 Å². The molecule has 1 aromatic rings. The lowest BCUT2D eigenvalue weighted by atomic mass is 9.84. The van der Waals surface area contributed by atoms with E-state index in [-0.39, 0.29) is 0 Å². The quantitative estimate of drug-likeness (QED) is 0.684. The van der Waals surface area contributed by atoms with Crippen LogP contribution in [0.3, 0.4) is 0 Å². The van der Waals surface area contributed by atoms with Gasteiger partial charge in [-0.1, -0.05) is 39.7 Å². The minimum atomic E-state index is 0.496. The van der Waals surface area contributed by atoms with Crippen LogP contribution in [0, 0.1) is 11.8 Å². The van der Waals surface area contributed by atoms with E-state index < -0.39 is 0 Å². The van der Waals surface area contributed by atoms with Crippen molar-refractivity contribution in [2.24, 2.45) is 11.8 Å². The van der Waals surface area contributed by atoms with E-state index in [1.54, 1.807) is 0 Å². The third-order valence-corrected chi connectivity index (χ3v) is 3.19. The summed E-state index contributed by atoms with van der Waals surface area (Å²) in [6, 6.07) is 0. The molecule has 0 aliphatic heterocycles. The molecule has 14 heavy (non-hydrogen) atoms. The van der Waals surface area contributed by atoms with Crippen molar-refractivity contribution >= 4 is 7.41 Å². The molecule has 3 nitrogen and oxygen atoms in total. The van der Waals surface area contributed by atoms with Gasteiger partial charge in [-0.25, -0.2) is 0 Å². The van der Waals surface area contributed by atoms with Crippen molar-refractivity contribution in [2.45, 2.75) is 40.4 Å².